The number of aromatic nitrogens is 2. The van der Waals surface area contributed by atoms with Crippen molar-refractivity contribution >= 4 is 23.6 Å². The van der Waals surface area contributed by atoms with Crippen LogP contribution in [-0.4, -0.2) is 39.2 Å². The Labute approximate surface area is 128 Å². The monoisotopic (exact) mass is 311 g/mol. The van der Waals surface area contributed by atoms with Crippen molar-refractivity contribution < 1.29 is 14.7 Å². The molecule has 0 aliphatic rings. The Morgan fingerprint density at radius 2 is 1.81 bits per heavy atom. The van der Waals surface area contributed by atoms with E-state index in [-0.39, 0.29) is 0 Å². The summed E-state index contributed by atoms with van der Waals surface area (Å²) in [4.78, 5) is 32.2. The van der Waals surface area contributed by atoms with Gasteiger partial charge < -0.3 is 10.4 Å². The van der Waals surface area contributed by atoms with E-state index in [1.54, 1.807) is 34.6 Å². The van der Waals surface area contributed by atoms with Crippen molar-refractivity contribution in [3.63, 3.8) is 0 Å². The second-order valence-corrected chi connectivity index (χ2v) is 6.65. The fourth-order valence-corrected chi connectivity index (χ4v) is 2.61. The van der Waals surface area contributed by atoms with E-state index >= 15 is 0 Å². The first-order chi connectivity index (χ1) is 9.57. The average Bonchev–Trinajstić information content (AvgIpc) is 2.32. The highest BCUT2D eigenvalue weighted by atomic mass is 32.2. The molecule has 0 spiro atoms. The molecule has 21 heavy (non-hydrogen) atoms. The molecule has 0 aromatic carbocycles. The summed E-state index contributed by atoms with van der Waals surface area (Å²) in [5, 5.41) is 12.4. The number of aryl methyl sites for hydroxylation is 2. The molecular formula is C14H21N3O3S. The number of carbonyl (C=O) groups excluding carboxylic acids is 1. The largest absolute Gasteiger partial charge is 0.480 e. The first kappa shape index (κ1) is 17.4. The van der Waals surface area contributed by atoms with E-state index in [4.69, 9.17) is 0 Å². The van der Waals surface area contributed by atoms with Gasteiger partial charge in [-0.2, -0.15) is 0 Å². The van der Waals surface area contributed by atoms with Crippen molar-refractivity contribution in [2.75, 3.05) is 6.26 Å². The zero-order valence-corrected chi connectivity index (χ0v) is 14.0. The Balaban J connectivity index is 3.18. The van der Waals surface area contributed by atoms with Gasteiger partial charge in [-0.3, -0.25) is 4.79 Å². The molecule has 0 saturated heterocycles. The third-order valence-corrected chi connectivity index (χ3v) is 3.66. The second-order valence-electron chi connectivity index (χ2n) is 5.85. The number of thioether (sulfide) groups is 1. The van der Waals surface area contributed by atoms with E-state index in [0.717, 1.165) is 0 Å². The van der Waals surface area contributed by atoms with E-state index in [0.29, 0.717) is 22.1 Å². The molecule has 1 aromatic rings. The van der Waals surface area contributed by atoms with Crippen LogP contribution in [-0.2, 0) is 4.79 Å². The predicted octanol–water partition coefficient (Wildman–Crippen LogP) is 2.04. The van der Waals surface area contributed by atoms with E-state index in [1.165, 1.54) is 11.8 Å². The summed E-state index contributed by atoms with van der Waals surface area (Å²) in [6.07, 6.45) is 1.82. The Bertz CT molecular complexity index is 567. The van der Waals surface area contributed by atoms with Gasteiger partial charge in [0.05, 0.1) is 11.3 Å². The highest BCUT2D eigenvalue weighted by Crippen LogP contribution is 2.23. The number of hydrogen-bond donors (Lipinski definition) is 2. The van der Waals surface area contributed by atoms with Crippen LogP contribution in [0.15, 0.2) is 5.03 Å². The molecule has 0 saturated carbocycles. The maximum atomic E-state index is 12.5. The lowest BCUT2D eigenvalue weighted by atomic mass is 9.86. The van der Waals surface area contributed by atoms with Gasteiger partial charge in [0.2, 0.25) is 0 Å². The second kappa shape index (κ2) is 6.43. The number of nitrogens with one attached hydrogen (secondary N) is 1. The Morgan fingerprint density at radius 1 is 1.24 bits per heavy atom. The number of carboxylic acids is 1. The topological polar surface area (TPSA) is 92.2 Å². The number of hydrogen-bond acceptors (Lipinski definition) is 5. The van der Waals surface area contributed by atoms with Crippen molar-refractivity contribution in [3.05, 3.63) is 17.1 Å². The van der Waals surface area contributed by atoms with Gasteiger partial charge in [-0.15, -0.1) is 11.8 Å². The SMILES string of the molecule is CSc1nc(C)nc(C)c1C(=O)N[C@@H](C(=O)O)C(C)(C)C. The Hall–Kier alpha value is -1.63. The van der Waals surface area contributed by atoms with Gasteiger partial charge in [0.15, 0.2) is 0 Å². The predicted molar refractivity (Wildman–Crippen MR) is 81.6 cm³/mol. The van der Waals surface area contributed by atoms with Crippen molar-refractivity contribution in [1.82, 2.24) is 15.3 Å². The molecule has 7 heteroatoms. The van der Waals surface area contributed by atoms with Crippen LogP contribution >= 0.6 is 11.8 Å². The van der Waals surface area contributed by atoms with Crippen LogP contribution < -0.4 is 5.32 Å². The summed E-state index contributed by atoms with van der Waals surface area (Å²) in [5.41, 5.74) is 0.284. The lowest BCUT2D eigenvalue weighted by molar-refractivity contribution is -0.142. The van der Waals surface area contributed by atoms with Crippen molar-refractivity contribution in [1.29, 1.82) is 0 Å². The number of carbonyl (C=O) groups is 2. The normalized spacial score (nSPS) is 12.9. The molecular weight excluding hydrogens is 290 g/mol. The van der Waals surface area contributed by atoms with Crippen molar-refractivity contribution in [2.24, 2.45) is 5.41 Å². The molecule has 1 aromatic heterocycles. The molecule has 6 nitrogen and oxygen atoms in total. The van der Waals surface area contributed by atoms with Crippen LogP contribution in [0.3, 0.4) is 0 Å². The minimum absolute atomic E-state index is 0.337. The summed E-state index contributed by atoms with van der Waals surface area (Å²) in [6.45, 7) is 8.76. The highest BCUT2D eigenvalue weighted by Gasteiger charge is 2.33. The molecule has 0 unspecified atom stereocenters. The van der Waals surface area contributed by atoms with Crippen LogP contribution in [0.25, 0.3) is 0 Å². The van der Waals surface area contributed by atoms with E-state index < -0.39 is 23.3 Å². The van der Waals surface area contributed by atoms with Gasteiger partial charge in [-0.25, -0.2) is 14.8 Å². The first-order valence-electron chi connectivity index (χ1n) is 6.50. The number of amides is 1. The molecule has 1 atom stereocenters. The summed E-state index contributed by atoms with van der Waals surface area (Å²) in [6, 6.07) is -0.986. The van der Waals surface area contributed by atoms with Crippen LogP contribution in [0.5, 0.6) is 0 Å². The fraction of sp³-hybridized carbons (Fsp3) is 0.571. The van der Waals surface area contributed by atoms with Crippen LogP contribution in [0, 0.1) is 19.3 Å². The number of nitrogens with zero attached hydrogens (tertiary/aromatic N) is 2. The van der Waals surface area contributed by atoms with Gasteiger partial charge in [0.1, 0.15) is 16.9 Å². The molecule has 1 amide bonds. The zero-order chi connectivity index (χ0) is 16.4. The van der Waals surface area contributed by atoms with Gasteiger partial charge in [0, 0.05) is 0 Å². The zero-order valence-electron chi connectivity index (χ0n) is 13.1. The van der Waals surface area contributed by atoms with E-state index in [1.807, 2.05) is 6.26 Å². The van der Waals surface area contributed by atoms with Gasteiger partial charge in [-0.05, 0) is 25.5 Å². The number of carboxylic acid groups (broad SMARTS) is 1. The molecule has 116 valence electrons. The van der Waals surface area contributed by atoms with Gasteiger partial charge in [0.25, 0.3) is 5.91 Å². The molecule has 0 aliphatic heterocycles. The summed E-state index contributed by atoms with van der Waals surface area (Å²) >= 11 is 1.34. The lowest BCUT2D eigenvalue weighted by Crippen LogP contribution is -2.49. The van der Waals surface area contributed by atoms with Crippen molar-refractivity contribution in [3.8, 4) is 0 Å². The number of rotatable bonds is 4. The van der Waals surface area contributed by atoms with Crippen molar-refractivity contribution in [2.45, 2.75) is 45.7 Å². The van der Waals surface area contributed by atoms with Crippen LogP contribution in [0.1, 0.15) is 42.6 Å². The van der Waals surface area contributed by atoms with Crippen LogP contribution in [0.2, 0.25) is 0 Å². The summed E-state index contributed by atoms with van der Waals surface area (Å²) in [7, 11) is 0. The highest BCUT2D eigenvalue weighted by molar-refractivity contribution is 7.98. The quantitative estimate of drug-likeness (QED) is 0.653. The number of aliphatic carboxylic acids is 1. The minimum Gasteiger partial charge on any atom is -0.480 e. The molecule has 1 heterocycles. The molecule has 1 rings (SSSR count). The molecule has 2 N–H and O–H groups in total. The van der Waals surface area contributed by atoms with Crippen LogP contribution in [0.4, 0.5) is 0 Å². The molecule has 0 fully saturated rings. The third kappa shape index (κ3) is 4.17. The average molecular weight is 311 g/mol. The summed E-state index contributed by atoms with van der Waals surface area (Å²) < 4.78 is 0. The van der Waals surface area contributed by atoms with E-state index in [2.05, 4.69) is 15.3 Å². The minimum atomic E-state index is -1.06. The standard InChI is InChI=1S/C14H21N3O3S/c1-7-9(12(21-6)16-8(2)15-7)11(18)17-10(13(19)20)14(3,4)5/h10H,1-6H3,(H,17,18)(H,19,20)/t10-/m0/s1. The molecule has 0 bridgehead atoms. The molecule has 0 radical (unpaired) electrons. The van der Waals surface area contributed by atoms with E-state index in [9.17, 15) is 14.7 Å². The smallest absolute Gasteiger partial charge is 0.326 e. The van der Waals surface area contributed by atoms with Gasteiger partial charge >= 0.3 is 5.97 Å². The Morgan fingerprint density at radius 3 is 2.24 bits per heavy atom. The summed E-state index contributed by atoms with van der Waals surface area (Å²) in [5.74, 6) is -0.939. The maximum absolute atomic E-state index is 12.5. The fourth-order valence-electron chi connectivity index (χ4n) is 1.94. The molecule has 0 aliphatic carbocycles. The maximum Gasteiger partial charge on any atom is 0.326 e. The van der Waals surface area contributed by atoms with Gasteiger partial charge in [-0.1, -0.05) is 20.8 Å². The third-order valence-electron chi connectivity index (χ3n) is 2.98. The first-order valence-corrected chi connectivity index (χ1v) is 7.73. The lowest BCUT2D eigenvalue weighted by Gasteiger charge is -2.28. The Kier molecular flexibility index (Phi) is 5.33.